The topological polar surface area (TPSA) is 94.6 Å². The number of esters is 1. The second-order valence-electron chi connectivity index (χ2n) is 7.53. The minimum atomic E-state index is -0.562. The van der Waals surface area contributed by atoms with Gasteiger partial charge in [-0.2, -0.15) is 5.26 Å². The summed E-state index contributed by atoms with van der Waals surface area (Å²) in [5, 5.41) is 10.9. The lowest BCUT2D eigenvalue weighted by Gasteiger charge is -2.27. The molecule has 0 fully saturated rings. The molecule has 0 amide bonds. The zero-order valence-electron chi connectivity index (χ0n) is 17.9. The second kappa shape index (κ2) is 8.75. The minimum Gasteiger partial charge on any atom is -0.497 e. The SMILES string of the molecule is COc1cccc(C2C(C#N)=C(N)Oc3cc(OC(=O)c4sc5ccccc5c4Cl)ccc32)c1. The molecular weight excluding hydrogens is 472 g/mol. The molecular formula is C26H17ClN2O4S. The zero-order valence-corrected chi connectivity index (χ0v) is 19.4. The fourth-order valence-electron chi connectivity index (χ4n) is 3.96. The van der Waals surface area contributed by atoms with Crippen LogP contribution in [0.15, 0.2) is 78.2 Å². The molecule has 4 aromatic rings. The summed E-state index contributed by atoms with van der Waals surface area (Å²) in [5.41, 5.74) is 7.93. The van der Waals surface area contributed by atoms with Gasteiger partial charge in [0.1, 0.15) is 33.8 Å². The van der Waals surface area contributed by atoms with Crippen LogP contribution in [0.1, 0.15) is 26.7 Å². The highest BCUT2D eigenvalue weighted by molar-refractivity contribution is 7.21. The van der Waals surface area contributed by atoms with Gasteiger partial charge in [0.2, 0.25) is 5.88 Å². The number of methoxy groups -OCH3 is 1. The number of hydrogen-bond donors (Lipinski definition) is 1. The molecule has 3 aromatic carbocycles. The van der Waals surface area contributed by atoms with Crippen molar-refractivity contribution in [3.63, 3.8) is 0 Å². The molecule has 2 N–H and O–H groups in total. The van der Waals surface area contributed by atoms with E-state index in [1.807, 2.05) is 48.5 Å². The Hall–Kier alpha value is -3.99. The van der Waals surface area contributed by atoms with Crippen molar-refractivity contribution in [3.8, 4) is 23.3 Å². The quantitative estimate of drug-likeness (QED) is 0.279. The number of ether oxygens (including phenoxy) is 3. The monoisotopic (exact) mass is 488 g/mol. The number of nitrogens with zero attached hydrogens (tertiary/aromatic N) is 1. The van der Waals surface area contributed by atoms with E-state index >= 15 is 0 Å². The number of rotatable bonds is 4. The van der Waals surface area contributed by atoms with E-state index in [2.05, 4.69) is 6.07 Å². The fraction of sp³-hybridized carbons (Fsp3) is 0.0769. The molecule has 0 bridgehead atoms. The van der Waals surface area contributed by atoms with Gasteiger partial charge in [-0.15, -0.1) is 11.3 Å². The number of nitriles is 1. The predicted octanol–water partition coefficient (Wildman–Crippen LogP) is 6.00. The summed E-state index contributed by atoms with van der Waals surface area (Å²) < 4.78 is 17.6. The van der Waals surface area contributed by atoms with Crippen LogP contribution in [0.3, 0.4) is 0 Å². The van der Waals surface area contributed by atoms with E-state index in [4.69, 9.17) is 31.5 Å². The Bertz CT molecular complexity index is 1520. The largest absolute Gasteiger partial charge is 0.497 e. The van der Waals surface area contributed by atoms with Gasteiger partial charge in [0, 0.05) is 21.7 Å². The highest BCUT2D eigenvalue weighted by Crippen LogP contribution is 2.44. The number of thiophene rings is 1. The van der Waals surface area contributed by atoms with Crippen LogP contribution in [0, 0.1) is 11.3 Å². The van der Waals surface area contributed by atoms with Crippen LogP contribution in [-0.2, 0) is 0 Å². The molecule has 1 unspecified atom stereocenters. The van der Waals surface area contributed by atoms with Gasteiger partial charge in [-0.25, -0.2) is 4.79 Å². The van der Waals surface area contributed by atoms with Crippen LogP contribution in [0.5, 0.6) is 17.2 Å². The number of fused-ring (bicyclic) bond motifs is 2. The fourth-order valence-corrected chi connectivity index (χ4v) is 5.35. The van der Waals surface area contributed by atoms with Crippen molar-refractivity contribution in [2.75, 3.05) is 7.11 Å². The Kier molecular flexibility index (Phi) is 5.62. The predicted molar refractivity (Wildman–Crippen MR) is 131 cm³/mol. The lowest BCUT2D eigenvalue weighted by Crippen LogP contribution is -2.21. The van der Waals surface area contributed by atoms with Crippen LogP contribution in [0.25, 0.3) is 10.1 Å². The molecule has 2 heterocycles. The molecule has 1 aliphatic rings. The van der Waals surface area contributed by atoms with Crippen molar-refractivity contribution in [3.05, 3.63) is 99.2 Å². The van der Waals surface area contributed by atoms with Crippen LogP contribution < -0.4 is 19.9 Å². The summed E-state index contributed by atoms with van der Waals surface area (Å²) in [7, 11) is 1.58. The second-order valence-corrected chi connectivity index (χ2v) is 8.96. The summed E-state index contributed by atoms with van der Waals surface area (Å²) >= 11 is 7.69. The molecule has 0 saturated carbocycles. The number of nitrogens with two attached hydrogens (primary N) is 1. The van der Waals surface area contributed by atoms with E-state index in [1.165, 1.54) is 11.3 Å². The molecule has 1 aliphatic heterocycles. The molecule has 0 saturated heterocycles. The first-order valence-electron chi connectivity index (χ1n) is 10.2. The molecule has 0 radical (unpaired) electrons. The average molecular weight is 489 g/mol. The van der Waals surface area contributed by atoms with Gasteiger partial charge in [0.15, 0.2) is 0 Å². The van der Waals surface area contributed by atoms with Crippen LogP contribution in [-0.4, -0.2) is 13.1 Å². The van der Waals surface area contributed by atoms with Gasteiger partial charge in [-0.1, -0.05) is 48.0 Å². The van der Waals surface area contributed by atoms with Gasteiger partial charge < -0.3 is 19.9 Å². The Morgan fingerprint density at radius 2 is 1.94 bits per heavy atom. The number of halogens is 1. The van der Waals surface area contributed by atoms with Crippen molar-refractivity contribution in [2.24, 2.45) is 5.73 Å². The standard InChI is InChI=1S/C26H17ClN2O4S/c1-31-15-6-4-5-14(11-15)22-17-10-9-16(12-20(17)33-25(29)19(22)13-28)32-26(30)24-23(27)18-7-2-3-8-21(18)34-24/h2-12,22H,29H2,1H3. The van der Waals surface area contributed by atoms with E-state index in [9.17, 15) is 10.1 Å². The third kappa shape index (κ3) is 3.73. The Labute approximate surface area is 204 Å². The number of allylic oxidation sites excluding steroid dienone is 1. The number of benzene rings is 3. The maximum Gasteiger partial charge on any atom is 0.355 e. The molecule has 1 aromatic heterocycles. The average Bonchev–Trinajstić information content (AvgIpc) is 3.19. The highest BCUT2D eigenvalue weighted by Gasteiger charge is 2.31. The third-order valence-corrected chi connectivity index (χ3v) is 7.20. The summed E-state index contributed by atoms with van der Waals surface area (Å²) in [4.78, 5) is 13.2. The van der Waals surface area contributed by atoms with Gasteiger partial charge in [-0.3, -0.25) is 0 Å². The van der Waals surface area contributed by atoms with Crippen molar-refractivity contribution in [2.45, 2.75) is 5.92 Å². The summed E-state index contributed by atoms with van der Waals surface area (Å²) in [6.45, 7) is 0. The maximum absolute atomic E-state index is 12.9. The van der Waals surface area contributed by atoms with Gasteiger partial charge in [0.25, 0.3) is 0 Å². The van der Waals surface area contributed by atoms with E-state index in [0.29, 0.717) is 27.0 Å². The van der Waals surface area contributed by atoms with E-state index < -0.39 is 11.9 Å². The summed E-state index contributed by atoms with van der Waals surface area (Å²) in [5.74, 6) is 0.316. The summed E-state index contributed by atoms with van der Waals surface area (Å²) in [6, 6.07) is 22.1. The molecule has 5 rings (SSSR count). The van der Waals surface area contributed by atoms with Crippen LogP contribution in [0.2, 0.25) is 5.02 Å². The van der Waals surface area contributed by atoms with Crippen molar-refractivity contribution < 1.29 is 19.0 Å². The maximum atomic E-state index is 12.9. The van der Waals surface area contributed by atoms with Gasteiger partial charge >= 0.3 is 5.97 Å². The van der Waals surface area contributed by atoms with Crippen molar-refractivity contribution in [1.29, 1.82) is 5.26 Å². The molecule has 0 aliphatic carbocycles. The van der Waals surface area contributed by atoms with E-state index in [-0.39, 0.29) is 11.6 Å². The van der Waals surface area contributed by atoms with Gasteiger partial charge in [0.05, 0.1) is 18.1 Å². The first kappa shape index (κ1) is 21.8. The Balaban J connectivity index is 1.50. The smallest absolute Gasteiger partial charge is 0.355 e. The first-order valence-corrected chi connectivity index (χ1v) is 11.4. The lowest BCUT2D eigenvalue weighted by molar-refractivity contribution is 0.0740. The Morgan fingerprint density at radius 1 is 1.12 bits per heavy atom. The zero-order chi connectivity index (χ0) is 23.8. The van der Waals surface area contributed by atoms with Crippen LogP contribution in [0.4, 0.5) is 0 Å². The van der Waals surface area contributed by atoms with E-state index in [1.54, 1.807) is 25.3 Å². The number of hydrogen-bond acceptors (Lipinski definition) is 7. The van der Waals surface area contributed by atoms with Crippen molar-refractivity contribution in [1.82, 2.24) is 0 Å². The van der Waals surface area contributed by atoms with Crippen molar-refractivity contribution >= 4 is 39.0 Å². The molecule has 34 heavy (non-hydrogen) atoms. The molecule has 0 spiro atoms. The van der Waals surface area contributed by atoms with Crippen LogP contribution >= 0.6 is 22.9 Å². The molecule has 8 heteroatoms. The number of carbonyl (C=O) groups is 1. The minimum absolute atomic E-state index is 0.00107. The molecule has 168 valence electrons. The molecule has 1 atom stereocenters. The third-order valence-electron chi connectivity index (χ3n) is 5.55. The highest BCUT2D eigenvalue weighted by atomic mass is 35.5. The van der Waals surface area contributed by atoms with Gasteiger partial charge in [-0.05, 0) is 29.8 Å². The first-order chi connectivity index (χ1) is 16.5. The summed E-state index contributed by atoms with van der Waals surface area (Å²) in [6.07, 6.45) is 0. The molecule has 6 nitrogen and oxygen atoms in total. The van der Waals surface area contributed by atoms with E-state index in [0.717, 1.165) is 21.2 Å². The normalized spacial score (nSPS) is 14.8. The Morgan fingerprint density at radius 3 is 2.71 bits per heavy atom. The number of carbonyl (C=O) groups excluding carboxylic acids is 1. The lowest BCUT2D eigenvalue weighted by atomic mass is 9.83.